The number of carboxylic acid groups (broad SMARTS) is 1. The Morgan fingerprint density at radius 3 is 2.70 bits per heavy atom. The summed E-state index contributed by atoms with van der Waals surface area (Å²) >= 11 is 1.35. The molecular weight excluding hydrogens is 276 g/mol. The van der Waals surface area contributed by atoms with Crippen LogP contribution in [-0.2, 0) is 9.59 Å². The Kier molecular flexibility index (Phi) is 4.77. The van der Waals surface area contributed by atoms with Gasteiger partial charge in [-0.3, -0.25) is 4.79 Å². The van der Waals surface area contributed by atoms with E-state index in [0.29, 0.717) is 4.88 Å². The monoisotopic (exact) mass is 296 g/mol. The van der Waals surface area contributed by atoms with Crippen LogP contribution in [0.3, 0.4) is 0 Å². The number of carbonyl (C=O) groups excluding carboxylic acids is 1. The first-order valence-corrected chi connectivity index (χ1v) is 7.75. The first-order valence-electron chi connectivity index (χ1n) is 6.87. The summed E-state index contributed by atoms with van der Waals surface area (Å²) in [5, 5.41) is 17.1. The molecule has 3 N–H and O–H groups in total. The second-order valence-corrected chi connectivity index (χ2v) is 6.12. The fourth-order valence-corrected chi connectivity index (χ4v) is 3.41. The lowest BCUT2D eigenvalue weighted by atomic mass is 9.75. The number of carboxylic acids is 1. The molecule has 1 saturated heterocycles. The van der Waals surface area contributed by atoms with Gasteiger partial charge in [-0.15, -0.1) is 11.3 Å². The Morgan fingerprint density at radius 2 is 2.20 bits per heavy atom. The summed E-state index contributed by atoms with van der Waals surface area (Å²) in [7, 11) is 0. The summed E-state index contributed by atoms with van der Waals surface area (Å²) in [5.74, 6) is -1.15. The van der Waals surface area contributed by atoms with E-state index in [-0.39, 0.29) is 5.91 Å². The Hall–Kier alpha value is -1.40. The molecule has 1 atom stereocenters. The molecule has 1 fully saturated rings. The number of nitrogens with one attached hydrogen (secondary N) is 2. The maximum Gasteiger partial charge on any atom is 0.331 e. The van der Waals surface area contributed by atoms with Crippen LogP contribution in [-0.4, -0.2) is 30.1 Å². The van der Waals surface area contributed by atoms with Gasteiger partial charge < -0.3 is 15.7 Å². The van der Waals surface area contributed by atoms with Gasteiger partial charge in [-0.2, -0.15) is 0 Å². The van der Waals surface area contributed by atoms with E-state index in [1.807, 2.05) is 12.3 Å². The zero-order chi connectivity index (χ0) is 14.6. The Balaban J connectivity index is 2.13. The first-order chi connectivity index (χ1) is 9.59. The topological polar surface area (TPSA) is 78.4 Å². The van der Waals surface area contributed by atoms with Gasteiger partial charge in [0, 0.05) is 4.88 Å². The van der Waals surface area contributed by atoms with Crippen molar-refractivity contribution < 1.29 is 14.7 Å². The highest BCUT2D eigenvalue weighted by molar-refractivity contribution is 7.10. The van der Waals surface area contributed by atoms with Gasteiger partial charge in [0.05, 0.1) is 5.41 Å². The van der Waals surface area contributed by atoms with Crippen LogP contribution in [0, 0.1) is 5.41 Å². The van der Waals surface area contributed by atoms with Gasteiger partial charge in [0.1, 0.15) is 0 Å². The zero-order valence-corrected chi connectivity index (χ0v) is 12.3. The van der Waals surface area contributed by atoms with E-state index >= 15 is 0 Å². The van der Waals surface area contributed by atoms with Gasteiger partial charge in [0.2, 0.25) is 5.91 Å². The lowest BCUT2D eigenvalue weighted by Crippen LogP contribution is -2.49. The molecular formula is C14H20N2O3S. The second kappa shape index (κ2) is 6.37. The van der Waals surface area contributed by atoms with Crippen molar-refractivity contribution in [2.24, 2.45) is 5.41 Å². The van der Waals surface area contributed by atoms with Gasteiger partial charge in [-0.1, -0.05) is 13.0 Å². The summed E-state index contributed by atoms with van der Waals surface area (Å²) in [6, 6.07) is 2.59. The SMILES string of the molecule is CCC1(C(=O)NC(C(=O)O)c2cccs2)CCNCC1. The van der Waals surface area contributed by atoms with E-state index in [1.165, 1.54) is 11.3 Å². The molecule has 1 amide bonds. The Morgan fingerprint density at radius 1 is 1.50 bits per heavy atom. The molecule has 1 aliphatic rings. The van der Waals surface area contributed by atoms with Crippen molar-refractivity contribution in [1.29, 1.82) is 0 Å². The van der Waals surface area contributed by atoms with Crippen molar-refractivity contribution in [3.05, 3.63) is 22.4 Å². The lowest BCUT2D eigenvalue weighted by molar-refractivity contribution is -0.144. The zero-order valence-electron chi connectivity index (χ0n) is 11.5. The predicted molar refractivity (Wildman–Crippen MR) is 77.7 cm³/mol. The van der Waals surface area contributed by atoms with Crippen molar-refractivity contribution in [2.45, 2.75) is 32.2 Å². The molecule has 110 valence electrons. The predicted octanol–water partition coefficient (Wildman–Crippen LogP) is 1.77. The van der Waals surface area contributed by atoms with E-state index in [0.717, 1.165) is 32.4 Å². The molecule has 0 aromatic carbocycles. The number of aliphatic carboxylic acids is 1. The van der Waals surface area contributed by atoms with Gasteiger partial charge in [-0.05, 0) is 43.8 Å². The van der Waals surface area contributed by atoms with Crippen LogP contribution < -0.4 is 10.6 Å². The molecule has 0 saturated carbocycles. The van der Waals surface area contributed by atoms with Gasteiger partial charge in [-0.25, -0.2) is 4.79 Å². The third-order valence-electron chi connectivity index (χ3n) is 4.07. The van der Waals surface area contributed by atoms with Crippen molar-refractivity contribution in [3.8, 4) is 0 Å². The maximum absolute atomic E-state index is 12.6. The van der Waals surface area contributed by atoms with Crippen LogP contribution in [0.1, 0.15) is 37.1 Å². The molecule has 0 spiro atoms. The normalized spacial score (nSPS) is 19.2. The molecule has 0 radical (unpaired) electrons. The van der Waals surface area contributed by atoms with Crippen LogP contribution in [0.2, 0.25) is 0 Å². The highest BCUT2D eigenvalue weighted by atomic mass is 32.1. The minimum atomic E-state index is -1.01. The molecule has 0 bridgehead atoms. The highest BCUT2D eigenvalue weighted by Gasteiger charge is 2.39. The van der Waals surface area contributed by atoms with Gasteiger partial charge in [0.25, 0.3) is 0 Å². The van der Waals surface area contributed by atoms with Crippen molar-refractivity contribution in [3.63, 3.8) is 0 Å². The minimum absolute atomic E-state index is 0.137. The number of hydrogen-bond donors (Lipinski definition) is 3. The third kappa shape index (κ3) is 3.02. The molecule has 2 heterocycles. The average molecular weight is 296 g/mol. The molecule has 6 heteroatoms. The maximum atomic E-state index is 12.6. The molecule has 1 unspecified atom stereocenters. The van der Waals surface area contributed by atoms with Crippen molar-refractivity contribution in [1.82, 2.24) is 10.6 Å². The van der Waals surface area contributed by atoms with Crippen molar-refractivity contribution in [2.75, 3.05) is 13.1 Å². The number of thiophene rings is 1. The van der Waals surface area contributed by atoms with Crippen molar-refractivity contribution >= 4 is 23.2 Å². The Labute approximate surface area is 122 Å². The molecule has 20 heavy (non-hydrogen) atoms. The summed E-state index contributed by atoms with van der Waals surface area (Å²) < 4.78 is 0. The average Bonchev–Trinajstić information content (AvgIpc) is 2.98. The highest BCUT2D eigenvalue weighted by Crippen LogP contribution is 2.33. The van der Waals surface area contributed by atoms with Crippen LogP contribution in [0.15, 0.2) is 17.5 Å². The number of carbonyl (C=O) groups is 2. The largest absolute Gasteiger partial charge is 0.479 e. The van der Waals surface area contributed by atoms with Gasteiger partial charge in [0.15, 0.2) is 6.04 Å². The summed E-state index contributed by atoms with van der Waals surface area (Å²) in [6.07, 6.45) is 2.25. The van der Waals surface area contributed by atoms with E-state index in [9.17, 15) is 14.7 Å². The minimum Gasteiger partial charge on any atom is -0.479 e. The fraction of sp³-hybridized carbons (Fsp3) is 0.571. The molecule has 1 aromatic rings. The molecule has 0 aliphatic carbocycles. The molecule has 1 aromatic heterocycles. The van der Waals surface area contributed by atoms with E-state index in [1.54, 1.807) is 12.1 Å². The Bertz CT molecular complexity index is 467. The summed E-state index contributed by atoms with van der Waals surface area (Å²) in [4.78, 5) is 24.6. The number of amides is 1. The smallest absolute Gasteiger partial charge is 0.331 e. The van der Waals surface area contributed by atoms with Crippen LogP contribution in [0.5, 0.6) is 0 Å². The van der Waals surface area contributed by atoms with Gasteiger partial charge >= 0.3 is 5.97 Å². The lowest BCUT2D eigenvalue weighted by Gasteiger charge is -2.36. The van der Waals surface area contributed by atoms with E-state index in [2.05, 4.69) is 10.6 Å². The molecule has 2 rings (SSSR count). The van der Waals surface area contributed by atoms with Crippen LogP contribution in [0.25, 0.3) is 0 Å². The molecule has 1 aliphatic heterocycles. The summed E-state index contributed by atoms with van der Waals surface area (Å²) in [5.41, 5.74) is -0.434. The molecule has 5 nitrogen and oxygen atoms in total. The van der Waals surface area contributed by atoms with E-state index in [4.69, 9.17) is 0 Å². The summed E-state index contributed by atoms with van der Waals surface area (Å²) in [6.45, 7) is 3.60. The fourth-order valence-electron chi connectivity index (χ4n) is 2.64. The third-order valence-corrected chi connectivity index (χ3v) is 5.01. The first kappa shape index (κ1) is 15.0. The van der Waals surface area contributed by atoms with E-state index < -0.39 is 17.4 Å². The number of rotatable bonds is 5. The number of piperidine rings is 1. The second-order valence-electron chi connectivity index (χ2n) is 5.14. The quantitative estimate of drug-likeness (QED) is 0.774. The number of hydrogen-bond acceptors (Lipinski definition) is 4. The van der Waals surface area contributed by atoms with Crippen LogP contribution >= 0.6 is 11.3 Å². The standard InChI is InChI=1S/C14H20N2O3S/c1-2-14(5-7-15-8-6-14)13(19)16-11(12(17)18)10-4-3-9-20-10/h3-4,9,11,15H,2,5-8H2,1H3,(H,16,19)(H,17,18). The van der Waals surface area contributed by atoms with Crippen LogP contribution in [0.4, 0.5) is 0 Å².